The number of carbonyl (C=O) groups excluding carboxylic acids is 2. The number of likely N-dealkylation sites (tertiary alicyclic amines) is 1. The summed E-state index contributed by atoms with van der Waals surface area (Å²) in [5.41, 5.74) is 2.92. The highest BCUT2D eigenvalue weighted by Crippen LogP contribution is 2.20. The van der Waals surface area contributed by atoms with Crippen molar-refractivity contribution in [3.63, 3.8) is 0 Å². The van der Waals surface area contributed by atoms with E-state index in [1.54, 1.807) is 0 Å². The Kier molecular flexibility index (Phi) is 5.74. The van der Waals surface area contributed by atoms with Crippen molar-refractivity contribution < 1.29 is 9.59 Å². The third-order valence-electron chi connectivity index (χ3n) is 5.19. The number of nitrogens with one attached hydrogen (secondary N) is 2. The second-order valence-electron chi connectivity index (χ2n) is 7.52. The summed E-state index contributed by atoms with van der Waals surface area (Å²) in [6.45, 7) is 7.17. The number of piperidine rings is 2. The van der Waals surface area contributed by atoms with Crippen molar-refractivity contribution >= 4 is 11.8 Å². The van der Waals surface area contributed by atoms with Gasteiger partial charge in [0.1, 0.15) is 0 Å². The van der Waals surface area contributed by atoms with Crippen LogP contribution in [0.4, 0.5) is 0 Å². The highest BCUT2D eigenvalue weighted by atomic mass is 16.2. The average Bonchev–Trinajstić information content (AvgIpc) is 2.61. The summed E-state index contributed by atoms with van der Waals surface area (Å²) in [4.78, 5) is 27.3. The first-order valence-corrected chi connectivity index (χ1v) is 9.41. The molecule has 2 saturated heterocycles. The molecule has 2 N–H and O–H groups in total. The van der Waals surface area contributed by atoms with Crippen LogP contribution in [0, 0.1) is 19.8 Å². The third-order valence-corrected chi connectivity index (χ3v) is 5.19. The lowest BCUT2D eigenvalue weighted by Crippen LogP contribution is -2.51. The summed E-state index contributed by atoms with van der Waals surface area (Å²) in [6.07, 6.45) is 3.89. The Morgan fingerprint density at radius 2 is 1.88 bits per heavy atom. The maximum Gasteiger partial charge on any atom is 0.253 e. The van der Waals surface area contributed by atoms with E-state index in [4.69, 9.17) is 0 Å². The van der Waals surface area contributed by atoms with Crippen molar-refractivity contribution in [2.75, 3.05) is 26.2 Å². The van der Waals surface area contributed by atoms with Crippen molar-refractivity contribution in [3.8, 4) is 0 Å². The molecule has 1 unspecified atom stereocenters. The zero-order valence-corrected chi connectivity index (χ0v) is 15.3. The predicted molar refractivity (Wildman–Crippen MR) is 98.6 cm³/mol. The first kappa shape index (κ1) is 17.9. The first-order valence-electron chi connectivity index (χ1n) is 9.41. The Balaban J connectivity index is 1.61. The van der Waals surface area contributed by atoms with Crippen LogP contribution >= 0.6 is 0 Å². The van der Waals surface area contributed by atoms with Gasteiger partial charge in [0, 0.05) is 31.2 Å². The van der Waals surface area contributed by atoms with Gasteiger partial charge < -0.3 is 15.5 Å². The fraction of sp³-hybridized carbons (Fsp3) is 0.600. The quantitative estimate of drug-likeness (QED) is 0.883. The molecule has 136 valence electrons. The molecule has 0 saturated carbocycles. The largest absolute Gasteiger partial charge is 0.352 e. The molecule has 1 aromatic carbocycles. The molecule has 2 aliphatic rings. The van der Waals surface area contributed by atoms with Gasteiger partial charge in [0.25, 0.3) is 5.91 Å². The second kappa shape index (κ2) is 8.00. The van der Waals surface area contributed by atoms with Gasteiger partial charge in [-0.2, -0.15) is 0 Å². The average molecular weight is 343 g/mol. The second-order valence-corrected chi connectivity index (χ2v) is 7.52. The summed E-state index contributed by atoms with van der Waals surface area (Å²) in [7, 11) is 0. The highest BCUT2D eigenvalue weighted by molar-refractivity contribution is 5.95. The fourth-order valence-electron chi connectivity index (χ4n) is 3.95. The number of rotatable bonds is 3. The van der Waals surface area contributed by atoms with Crippen molar-refractivity contribution in [3.05, 3.63) is 34.9 Å². The number of amides is 2. The van der Waals surface area contributed by atoms with E-state index < -0.39 is 0 Å². The minimum absolute atomic E-state index is 0.0450. The minimum atomic E-state index is -0.0921. The molecule has 2 atom stereocenters. The van der Waals surface area contributed by atoms with E-state index >= 15 is 0 Å². The molecule has 0 radical (unpaired) electrons. The van der Waals surface area contributed by atoms with Gasteiger partial charge in [-0.1, -0.05) is 17.2 Å². The van der Waals surface area contributed by atoms with Gasteiger partial charge in [0.05, 0.1) is 5.92 Å². The summed E-state index contributed by atoms with van der Waals surface area (Å²) < 4.78 is 0. The Labute approximate surface area is 150 Å². The number of benzene rings is 1. The monoisotopic (exact) mass is 343 g/mol. The third kappa shape index (κ3) is 4.60. The normalized spacial score (nSPS) is 24.0. The highest BCUT2D eigenvalue weighted by Gasteiger charge is 2.30. The maximum atomic E-state index is 12.8. The Hall–Kier alpha value is -1.88. The van der Waals surface area contributed by atoms with Gasteiger partial charge in [0.2, 0.25) is 5.91 Å². The van der Waals surface area contributed by atoms with Gasteiger partial charge in [-0.3, -0.25) is 9.59 Å². The van der Waals surface area contributed by atoms with E-state index in [-0.39, 0.29) is 23.8 Å². The Morgan fingerprint density at radius 1 is 1.12 bits per heavy atom. The van der Waals surface area contributed by atoms with Crippen LogP contribution in [-0.4, -0.2) is 48.9 Å². The van der Waals surface area contributed by atoms with Crippen molar-refractivity contribution in [2.45, 2.75) is 45.6 Å². The summed E-state index contributed by atoms with van der Waals surface area (Å²) in [5.74, 6) is 0.0563. The van der Waals surface area contributed by atoms with E-state index in [9.17, 15) is 9.59 Å². The molecule has 25 heavy (non-hydrogen) atoms. The van der Waals surface area contributed by atoms with Crippen LogP contribution in [0.1, 0.15) is 47.2 Å². The topological polar surface area (TPSA) is 61.4 Å². The molecule has 2 fully saturated rings. The number of hydrogen-bond acceptors (Lipinski definition) is 3. The van der Waals surface area contributed by atoms with Gasteiger partial charge in [-0.15, -0.1) is 0 Å². The molecule has 3 rings (SSSR count). The Morgan fingerprint density at radius 3 is 2.56 bits per heavy atom. The van der Waals surface area contributed by atoms with E-state index in [1.165, 1.54) is 0 Å². The van der Waals surface area contributed by atoms with Crippen LogP contribution in [0.3, 0.4) is 0 Å². The molecule has 1 aromatic rings. The molecule has 0 aliphatic carbocycles. The molecule has 2 heterocycles. The van der Waals surface area contributed by atoms with Crippen LogP contribution in [0.25, 0.3) is 0 Å². The molecular weight excluding hydrogens is 314 g/mol. The van der Waals surface area contributed by atoms with Gasteiger partial charge >= 0.3 is 0 Å². The Bertz CT molecular complexity index is 618. The molecule has 0 aromatic heterocycles. The van der Waals surface area contributed by atoms with E-state index in [0.29, 0.717) is 6.54 Å². The molecule has 2 amide bonds. The van der Waals surface area contributed by atoms with Crippen LogP contribution in [0.15, 0.2) is 18.2 Å². The fourth-order valence-corrected chi connectivity index (χ4v) is 3.95. The number of aryl methyl sites for hydroxylation is 2. The van der Waals surface area contributed by atoms with E-state index in [1.807, 2.05) is 30.9 Å². The smallest absolute Gasteiger partial charge is 0.253 e. The summed E-state index contributed by atoms with van der Waals surface area (Å²) >= 11 is 0. The summed E-state index contributed by atoms with van der Waals surface area (Å²) in [6, 6.07) is 6.17. The first-order chi connectivity index (χ1) is 12.0. The molecule has 5 heteroatoms. The zero-order chi connectivity index (χ0) is 17.8. The van der Waals surface area contributed by atoms with E-state index in [2.05, 4.69) is 16.7 Å². The lowest BCUT2D eigenvalue weighted by atomic mass is 9.95. The lowest BCUT2D eigenvalue weighted by molar-refractivity contribution is -0.127. The van der Waals surface area contributed by atoms with Crippen LogP contribution < -0.4 is 10.6 Å². The zero-order valence-electron chi connectivity index (χ0n) is 15.3. The van der Waals surface area contributed by atoms with Crippen molar-refractivity contribution in [1.29, 1.82) is 0 Å². The molecule has 5 nitrogen and oxygen atoms in total. The van der Waals surface area contributed by atoms with Crippen molar-refractivity contribution in [1.82, 2.24) is 15.5 Å². The summed E-state index contributed by atoms with van der Waals surface area (Å²) in [5, 5.41) is 6.49. The maximum absolute atomic E-state index is 12.8. The molecule has 0 spiro atoms. The lowest BCUT2D eigenvalue weighted by Gasteiger charge is -2.33. The number of carbonyl (C=O) groups is 2. The van der Waals surface area contributed by atoms with Crippen molar-refractivity contribution in [2.24, 2.45) is 5.92 Å². The standard InChI is InChI=1S/C20H29N3O2/c1-14-9-15(2)11-17(10-14)20(25)23-8-4-5-16(13-23)19(24)22-18-6-3-7-21-12-18/h9-11,16,18,21H,3-8,12-13H2,1-2H3,(H,22,24)/t16?,18-/m0/s1. The predicted octanol–water partition coefficient (Wildman–Crippen LogP) is 2.02. The van der Waals surface area contributed by atoms with Gasteiger partial charge in [-0.05, 0) is 58.2 Å². The minimum Gasteiger partial charge on any atom is -0.352 e. The van der Waals surface area contributed by atoms with Gasteiger partial charge in [0.15, 0.2) is 0 Å². The van der Waals surface area contributed by atoms with Gasteiger partial charge in [-0.25, -0.2) is 0 Å². The number of nitrogens with zero attached hydrogens (tertiary/aromatic N) is 1. The molecule has 2 aliphatic heterocycles. The number of hydrogen-bond donors (Lipinski definition) is 2. The SMILES string of the molecule is Cc1cc(C)cc(C(=O)N2CCCC(C(=O)N[C@H]3CCCNC3)C2)c1. The van der Waals surface area contributed by atoms with E-state index in [0.717, 1.165) is 62.0 Å². The molecule has 0 bridgehead atoms. The van der Waals surface area contributed by atoms with Crippen LogP contribution in [-0.2, 0) is 4.79 Å². The van der Waals surface area contributed by atoms with Crippen LogP contribution in [0.5, 0.6) is 0 Å². The molecular formula is C20H29N3O2. The van der Waals surface area contributed by atoms with Crippen LogP contribution in [0.2, 0.25) is 0 Å².